The number of carboxylic acids is 1. The molecule has 4 rings (SSSR count). The Kier molecular flexibility index (Phi) is 6.74. The third kappa shape index (κ3) is 4.84. The van der Waals surface area contributed by atoms with E-state index in [9.17, 15) is 19.1 Å². The Morgan fingerprint density at radius 1 is 1.15 bits per heavy atom. The summed E-state index contributed by atoms with van der Waals surface area (Å²) in [5, 5.41) is 9.67. The largest absolute Gasteiger partial charge is 0.489 e. The molecule has 1 aliphatic heterocycles. The Morgan fingerprint density at radius 3 is 2.41 bits per heavy atom. The van der Waals surface area contributed by atoms with Gasteiger partial charge in [0.1, 0.15) is 11.6 Å². The third-order valence-corrected chi connectivity index (χ3v) is 6.88. The summed E-state index contributed by atoms with van der Waals surface area (Å²) in [6.45, 7) is 3.94. The van der Waals surface area contributed by atoms with Gasteiger partial charge in [0.2, 0.25) is 0 Å². The number of aliphatic carboxylic acids is 1. The van der Waals surface area contributed by atoms with Gasteiger partial charge in [-0.1, -0.05) is 11.6 Å². The topological polar surface area (TPSA) is 119 Å². The number of carbonyl (C=O) groups excluding carboxylic acids is 1. The summed E-state index contributed by atoms with van der Waals surface area (Å²) in [7, 11) is 0. The Bertz CT molecular complexity index is 1150. The fraction of sp³-hybridized carbons (Fsp3) is 0.417. The summed E-state index contributed by atoms with van der Waals surface area (Å²) in [4.78, 5) is 34.9. The molecule has 1 amide bonds. The van der Waals surface area contributed by atoms with Crippen LogP contribution >= 0.6 is 11.6 Å². The lowest BCUT2D eigenvalue weighted by atomic mass is 9.87. The second-order valence-electron chi connectivity index (χ2n) is 8.77. The molecule has 1 aliphatic carbocycles. The van der Waals surface area contributed by atoms with E-state index in [2.05, 4.69) is 9.97 Å². The fourth-order valence-electron chi connectivity index (χ4n) is 4.39. The first-order valence-corrected chi connectivity index (χ1v) is 11.5. The Morgan fingerprint density at radius 2 is 1.79 bits per heavy atom. The summed E-state index contributed by atoms with van der Waals surface area (Å²) in [5.74, 6) is -1.51. The second kappa shape index (κ2) is 9.58. The minimum atomic E-state index is -0.815. The van der Waals surface area contributed by atoms with Gasteiger partial charge < -0.3 is 20.5 Å². The zero-order valence-electron chi connectivity index (χ0n) is 19.0. The molecule has 1 aromatic carbocycles. The first-order valence-electron chi connectivity index (χ1n) is 11.1. The van der Waals surface area contributed by atoms with Crippen molar-refractivity contribution >= 4 is 29.1 Å². The molecule has 0 atom stereocenters. The number of amides is 1. The van der Waals surface area contributed by atoms with Crippen molar-refractivity contribution in [3.05, 3.63) is 57.5 Å². The molecule has 1 saturated carbocycles. The second-order valence-corrected chi connectivity index (χ2v) is 9.15. The Balaban J connectivity index is 1.51. The molecule has 0 radical (unpaired) electrons. The zero-order chi connectivity index (χ0) is 24.6. The highest BCUT2D eigenvalue weighted by Gasteiger charge is 2.31. The number of rotatable bonds is 5. The molecule has 10 heteroatoms. The van der Waals surface area contributed by atoms with E-state index < -0.39 is 17.7 Å². The van der Waals surface area contributed by atoms with Crippen LogP contribution in [-0.2, 0) is 4.79 Å². The van der Waals surface area contributed by atoms with E-state index in [1.165, 1.54) is 23.1 Å². The van der Waals surface area contributed by atoms with Gasteiger partial charge in [-0.25, -0.2) is 14.4 Å². The monoisotopic (exact) mass is 488 g/mol. The predicted molar refractivity (Wildman–Crippen MR) is 124 cm³/mol. The molecule has 0 saturated heterocycles. The number of hydrogen-bond acceptors (Lipinski definition) is 6. The number of benzene rings is 1. The average molecular weight is 489 g/mol. The number of hydrogen-bond donors (Lipinski definition) is 2. The van der Waals surface area contributed by atoms with E-state index >= 15 is 0 Å². The van der Waals surface area contributed by atoms with Crippen molar-refractivity contribution in [2.24, 2.45) is 11.7 Å². The molecule has 1 aromatic heterocycles. The number of carbonyl (C=O) groups is 2. The molecule has 0 spiro atoms. The van der Waals surface area contributed by atoms with Crippen LogP contribution in [0.2, 0.25) is 5.02 Å². The van der Waals surface area contributed by atoms with Gasteiger partial charge in [-0.2, -0.15) is 0 Å². The van der Waals surface area contributed by atoms with Gasteiger partial charge in [0.15, 0.2) is 5.82 Å². The van der Waals surface area contributed by atoms with Crippen LogP contribution in [0.5, 0.6) is 5.75 Å². The number of nitrogens with zero attached hydrogens (tertiary/aromatic N) is 3. The first-order chi connectivity index (χ1) is 16.1. The molecule has 2 aliphatic rings. The number of ether oxygens (including phenoxy) is 1. The van der Waals surface area contributed by atoms with Gasteiger partial charge in [0.05, 0.1) is 47.1 Å². The molecule has 180 valence electrons. The number of aromatic nitrogens is 2. The van der Waals surface area contributed by atoms with Crippen LogP contribution in [0.15, 0.2) is 23.9 Å². The van der Waals surface area contributed by atoms with Crippen molar-refractivity contribution in [1.82, 2.24) is 14.9 Å². The molecule has 0 unspecified atom stereocenters. The maximum atomic E-state index is 14.0. The van der Waals surface area contributed by atoms with Crippen LogP contribution in [0.25, 0.3) is 5.57 Å². The summed E-state index contributed by atoms with van der Waals surface area (Å²) >= 11 is 6.18. The SMILES string of the molecule is Cc1nc(C2=C(N)CN(C(=O)c3ccc(F)cc3OC3CCC(C(=O)O)CC3)C2)nc(C)c1Cl. The lowest BCUT2D eigenvalue weighted by Crippen LogP contribution is -2.32. The zero-order valence-corrected chi connectivity index (χ0v) is 19.7. The number of nitrogens with two attached hydrogens (primary N) is 1. The van der Waals surface area contributed by atoms with E-state index in [0.717, 1.165) is 0 Å². The van der Waals surface area contributed by atoms with Crippen LogP contribution in [0, 0.1) is 25.6 Å². The fourth-order valence-corrected chi connectivity index (χ4v) is 4.48. The van der Waals surface area contributed by atoms with Crippen LogP contribution in [0.1, 0.15) is 53.3 Å². The molecular weight excluding hydrogens is 463 g/mol. The number of carboxylic acid groups (broad SMARTS) is 1. The van der Waals surface area contributed by atoms with Gasteiger partial charge in [0.25, 0.3) is 5.91 Å². The minimum absolute atomic E-state index is 0.144. The molecule has 3 N–H and O–H groups in total. The predicted octanol–water partition coefficient (Wildman–Crippen LogP) is 3.73. The Labute approximate surface area is 201 Å². The number of halogens is 2. The standard InChI is InChI=1S/C24H26ClFN4O4/c1-12-21(25)13(2)29-22(28-12)18-10-30(11-19(18)27)23(31)17-8-5-15(26)9-20(17)34-16-6-3-14(4-7-16)24(32)33/h5,8-9,14,16H,3-4,6-7,10-11,27H2,1-2H3,(H,32,33). The molecule has 34 heavy (non-hydrogen) atoms. The highest BCUT2D eigenvalue weighted by molar-refractivity contribution is 6.31. The number of aryl methyl sites for hydroxylation is 2. The third-order valence-electron chi connectivity index (χ3n) is 6.33. The summed E-state index contributed by atoms with van der Waals surface area (Å²) in [5.41, 5.74) is 8.84. The van der Waals surface area contributed by atoms with Crippen molar-refractivity contribution in [2.75, 3.05) is 13.1 Å². The van der Waals surface area contributed by atoms with Crippen molar-refractivity contribution in [3.8, 4) is 5.75 Å². The van der Waals surface area contributed by atoms with Crippen LogP contribution < -0.4 is 10.5 Å². The van der Waals surface area contributed by atoms with E-state index in [1.54, 1.807) is 13.8 Å². The van der Waals surface area contributed by atoms with Crippen molar-refractivity contribution < 1.29 is 23.8 Å². The molecule has 2 heterocycles. The molecule has 1 fully saturated rings. The maximum absolute atomic E-state index is 14.0. The highest BCUT2D eigenvalue weighted by atomic mass is 35.5. The lowest BCUT2D eigenvalue weighted by Gasteiger charge is -2.28. The smallest absolute Gasteiger partial charge is 0.306 e. The molecule has 8 nitrogen and oxygen atoms in total. The highest BCUT2D eigenvalue weighted by Crippen LogP contribution is 2.32. The van der Waals surface area contributed by atoms with Crippen LogP contribution in [0.4, 0.5) is 4.39 Å². The minimum Gasteiger partial charge on any atom is -0.489 e. The van der Waals surface area contributed by atoms with Gasteiger partial charge in [-0.15, -0.1) is 0 Å². The van der Waals surface area contributed by atoms with Crippen molar-refractivity contribution in [1.29, 1.82) is 0 Å². The summed E-state index contributed by atoms with van der Waals surface area (Å²) in [6.07, 6.45) is 1.73. The first kappa shape index (κ1) is 23.9. The van der Waals surface area contributed by atoms with Gasteiger partial charge in [0, 0.05) is 17.3 Å². The van der Waals surface area contributed by atoms with Gasteiger partial charge in [-0.3, -0.25) is 9.59 Å². The van der Waals surface area contributed by atoms with Crippen LogP contribution in [0.3, 0.4) is 0 Å². The maximum Gasteiger partial charge on any atom is 0.306 e. The molecule has 2 aromatic rings. The Hall–Kier alpha value is -3.20. The van der Waals surface area contributed by atoms with E-state index in [4.69, 9.17) is 22.1 Å². The summed E-state index contributed by atoms with van der Waals surface area (Å²) in [6, 6.07) is 3.81. The normalized spacial score (nSPS) is 20.5. The van der Waals surface area contributed by atoms with E-state index in [0.29, 0.717) is 59.2 Å². The quantitative estimate of drug-likeness (QED) is 0.658. The van der Waals surface area contributed by atoms with Gasteiger partial charge in [-0.05, 0) is 51.7 Å². The van der Waals surface area contributed by atoms with Crippen molar-refractivity contribution in [2.45, 2.75) is 45.6 Å². The van der Waals surface area contributed by atoms with Gasteiger partial charge >= 0.3 is 5.97 Å². The van der Waals surface area contributed by atoms with E-state index in [-0.39, 0.29) is 36.4 Å². The van der Waals surface area contributed by atoms with Crippen molar-refractivity contribution in [3.63, 3.8) is 0 Å². The molecular formula is C24H26ClFN4O4. The summed E-state index contributed by atoms with van der Waals surface area (Å²) < 4.78 is 20.0. The lowest BCUT2D eigenvalue weighted by molar-refractivity contribution is -0.143. The van der Waals surface area contributed by atoms with E-state index in [1.807, 2.05) is 0 Å². The van der Waals surface area contributed by atoms with Crippen LogP contribution in [-0.4, -0.2) is 51.0 Å². The molecule has 0 bridgehead atoms. The average Bonchev–Trinajstić information content (AvgIpc) is 3.19.